The van der Waals surface area contributed by atoms with Crippen molar-refractivity contribution in [3.05, 3.63) is 124 Å². The zero-order chi connectivity index (χ0) is 31.3. The second kappa shape index (κ2) is 11.1. The highest BCUT2D eigenvalue weighted by molar-refractivity contribution is 7.90. The van der Waals surface area contributed by atoms with E-state index in [0.717, 1.165) is 41.5 Å². The number of carbonyl (C=O) groups is 1. The molecule has 0 bridgehead atoms. The quantitative estimate of drug-likeness (QED) is 0.173. The Kier molecular flexibility index (Phi) is 7.11. The van der Waals surface area contributed by atoms with Crippen molar-refractivity contribution < 1.29 is 22.3 Å². The molecule has 9 heteroatoms. The molecule has 4 aromatic carbocycles. The van der Waals surface area contributed by atoms with Gasteiger partial charge in [-0.2, -0.15) is 5.26 Å². The van der Waals surface area contributed by atoms with Crippen LogP contribution in [0.3, 0.4) is 0 Å². The van der Waals surface area contributed by atoms with Gasteiger partial charge in [-0.15, -0.1) is 11.3 Å². The number of thiophene rings is 1. The minimum Gasteiger partial charge on any atom is -0.465 e. The average Bonchev–Trinajstić information content (AvgIpc) is 3.81. The summed E-state index contributed by atoms with van der Waals surface area (Å²) >= 11 is 1.24. The number of nitrogens with zero attached hydrogens (tertiary/aromatic N) is 2. The first-order valence-corrected chi connectivity index (χ1v) is 16.6. The van der Waals surface area contributed by atoms with Crippen LogP contribution in [0.25, 0.3) is 44.4 Å². The highest BCUT2D eigenvalue weighted by Crippen LogP contribution is 2.46. The number of ether oxygens (including phenoxy) is 1. The van der Waals surface area contributed by atoms with E-state index < -0.39 is 21.8 Å². The number of hydrogen-bond donors (Lipinski definition) is 0. The van der Waals surface area contributed by atoms with Crippen LogP contribution in [0.1, 0.15) is 32.8 Å². The largest absolute Gasteiger partial charge is 0.465 e. The number of benzene rings is 4. The van der Waals surface area contributed by atoms with Crippen molar-refractivity contribution in [1.82, 2.24) is 3.97 Å². The first-order valence-electron chi connectivity index (χ1n) is 14.3. The first-order chi connectivity index (χ1) is 21.8. The highest BCUT2D eigenvalue weighted by atomic mass is 32.2. The molecule has 6 aromatic rings. The van der Waals surface area contributed by atoms with Crippen LogP contribution in [-0.4, -0.2) is 25.5 Å². The van der Waals surface area contributed by atoms with Crippen molar-refractivity contribution in [3.63, 3.8) is 0 Å². The number of rotatable bonds is 6. The zero-order valence-electron chi connectivity index (χ0n) is 24.1. The maximum Gasteiger partial charge on any atom is 0.337 e. The standard InChI is InChI=1S/C36H25FN2O4S2/c1-43-36(40)24-10-8-23(9-11-24)25-5-3-7-27(18-25)35-34(30-16-17-44-33(30)21-38)31-20-28(37)13-15-32(31)39(35)45(41,42)29-14-12-22-4-2-6-26(22)19-29/h3,5,7-20H,2,4,6H2,1H3. The van der Waals surface area contributed by atoms with Gasteiger partial charge in [0.1, 0.15) is 16.8 Å². The zero-order valence-corrected chi connectivity index (χ0v) is 25.7. The van der Waals surface area contributed by atoms with Gasteiger partial charge in [0, 0.05) is 22.1 Å². The lowest BCUT2D eigenvalue weighted by atomic mass is 9.96. The fourth-order valence-electron chi connectivity index (χ4n) is 6.19. The van der Waals surface area contributed by atoms with Gasteiger partial charge in [-0.1, -0.05) is 36.4 Å². The van der Waals surface area contributed by atoms with E-state index in [0.29, 0.717) is 43.7 Å². The molecule has 0 unspecified atom stereocenters. The van der Waals surface area contributed by atoms with E-state index in [2.05, 4.69) is 6.07 Å². The normalized spacial score (nSPS) is 12.6. The Morgan fingerprint density at radius 1 is 0.911 bits per heavy atom. The molecular formula is C36H25FN2O4S2. The summed E-state index contributed by atoms with van der Waals surface area (Å²) in [6, 6.07) is 27.7. The van der Waals surface area contributed by atoms with Gasteiger partial charge in [0.05, 0.1) is 28.8 Å². The maximum absolute atomic E-state index is 14.9. The number of esters is 1. The number of aromatic nitrogens is 1. The molecule has 1 aliphatic rings. The summed E-state index contributed by atoms with van der Waals surface area (Å²) in [6.07, 6.45) is 2.70. The third-order valence-electron chi connectivity index (χ3n) is 8.31. The molecule has 2 aromatic heterocycles. The number of nitriles is 1. The summed E-state index contributed by atoms with van der Waals surface area (Å²) in [7, 11) is -2.88. The lowest BCUT2D eigenvalue weighted by Gasteiger charge is -2.15. The Bertz CT molecular complexity index is 2290. The number of halogens is 1. The molecule has 1 aliphatic carbocycles. The third kappa shape index (κ3) is 4.83. The van der Waals surface area contributed by atoms with Crippen molar-refractivity contribution in [2.24, 2.45) is 0 Å². The first kappa shape index (κ1) is 28.7. The second-order valence-electron chi connectivity index (χ2n) is 10.9. The maximum atomic E-state index is 14.9. The Morgan fingerprint density at radius 2 is 1.69 bits per heavy atom. The topological polar surface area (TPSA) is 89.2 Å². The minimum absolute atomic E-state index is 0.151. The molecule has 0 amide bonds. The Morgan fingerprint density at radius 3 is 2.47 bits per heavy atom. The summed E-state index contributed by atoms with van der Waals surface area (Å²) in [6.45, 7) is 0. The lowest BCUT2D eigenvalue weighted by Crippen LogP contribution is -2.15. The average molecular weight is 633 g/mol. The molecule has 45 heavy (non-hydrogen) atoms. The van der Waals surface area contributed by atoms with Gasteiger partial charge < -0.3 is 4.74 Å². The Labute approximate surface area is 263 Å². The molecule has 0 fully saturated rings. The minimum atomic E-state index is -4.20. The van der Waals surface area contributed by atoms with Crippen LogP contribution in [0.5, 0.6) is 0 Å². The predicted octanol–water partition coefficient (Wildman–Crippen LogP) is 8.23. The number of hydrogen-bond acceptors (Lipinski definition) is 6. The van der Waals surface area contributed by atoms with Gasteiger partial charge in [-0.3, -0.25) is 0 Å². The van der Waals surface area contributed by atoms with Crippen molar-refractivity contribution in [2.75, 3.05) is 7.11 Å². The fourth-order valence-corrected chi connectivity index (χ4v) is 8.48. The summed E-state index contributed by atoms with van der Waals surface area (Å²) in [5.41, 5.74) is 6.35. The van der Waals surface area contributed by atoms with E-state index in [-0.39, 0.29) is 4.90 Å². The lowest BCUT2D eigenvalue weighted by molar-refractivity contribution is 0.0600. The van der Waals surface area contributed by atoms with Crippen LogP contribution in [0.15, 0.2) is 101 Å². The monoisotopic (exact) mass is 632 g/mol. The SMILES string of the molecule is COC(=O)c1ccc(-c2cccc(-c3c(-c4ccsc4C#N)c4cc(F)ccc4n3S(=O)(=O)c3ccc4c(c3)CCC4)c2)cc1. The predicted molar refractivity (Wildman–Crippen MR) is 173 cm³/mol. The fraction of sp³-hybridized carbons (Fsp3) is 0.111. The summed E-state index contributed by atoms with van der Waals surface area (Å²) in [5, 5.41) is 12.2. The van der Waals surface area contributed by atoms with Crippen molar-refractivity contribution >= 4 is 38.2 Å². The van der Waals surface area contributed by atoms with Crippen LogP contribution in [0.2, 0.25) is 0 Å². The molecule has 2 heterocycles. The van der Waals surface area contributed by atoms with Crippen LogP contribution >= 0.6 is 11.3 Å². The molecule has 0 spiro atoms. The van der Waals surface area contributed by atoms with E-state index in [9.17, 15) is 22.9 Å². The van der Waals surface area contributed by atoms with Crippen LogP contribution in [-0.2, 0) is 27.6 Å². The molecule has 222 valence electrons. The molecule has 0 saturated carbocycles. The van der Waals surface area contributed by atoms with Crippen LogP contribution in [0, 0.1) is 17.1 Å². The van der Waals surface area contributed by atoms with Crippen molar-refractivity contribution in [1.29, 1.82) is 5.26 Å². The van der Waals surface area contributed by atoms with Gasteiger partial charge in [0.2, 0.25) is 0 Å². The highest BCUT2D eigenvalue weighted by Gasteiger charge is 2.31. The molecular weight excluding hydrogens is 608 g/mol. The molecule has 0 atom stereocenters. The van der Waals surface area contributed by atoms with E-state index in [1.165, 1.54) is 40.6 Å². The van der Waals surface area contributed by atoms with Gasteiger partial charge in [0.25, 0.3) is 10.0 Å². The van der Waals surface area contributed by atoms with Gasteiger partial charge in [-0.05, 0) is 101 Å². The van der Waals surface area contributed by atoms with Gasteiger partial charge in [-0.25, -0.2) is 21.6 Å². The molecule has 0 N–H and O–H groups in total. The molecule has 0 saturated heterocycles. The number of fused-ring (bicyclic) bond motifs is 2. The number of methoxy groups -OCH3 is 1. The smallest absolute Gasteiger partial charge is 0.337 e. The number of carbonyl (C=O) groups excluding carboxylic acids is 1. The molecule has 0 radical (unpaired) electrons. The van der Waals surface area contributed by atoms with Crippen molar-refractivity contribution in [3.8, 4) is 39.6 Å². The van der Waals surface area contributed by atoms with E-state index in [1.54, 1.807) is 47.8 Å². The molecule has 6 nitrogen and oxygen atoms in total. The van der Waals surface area contributed by atoms with Crippen LogP contribution in [0.4, 0.5) is 4.39 Å². The van der Waals surface area contributed by atoms with E-state index in [4.69, 9.17) is 4.74 Å². The van der Waals surface area contributed by atoms with Gasteiger partial charge >= 0.3 is 5.97 Å². The van der Waals surface area contributed by atoms with E-state index in [1.807, 2.05) is 30.3 Å². The molecule has 0 aliphatic heterocycles. The second-order valence-corrected chi connectivity index (χ2v) is 13.6. The summed E-state index contributed by atoms with van der Waals surface area (Å²) in [5.74, 6) is -0.965. The Balaban J connectivity index is 1.53. The number of aryl methyl sites for hydroxylation is 2. The third-order valence-corrected chi connectivity index (χ3v) is 10.8. The van der Waals surface area contributed by atoms with Gasteiger partial charge in [0.15, 0.2) is 0 Å². The summed E-state index contributed by atoms with van der Waals surface area (Å²) in [4.78, 5) is 12.5. The van der Waals surface area contributed by atoms with Crippen molar-refractivity contribution in [2.45, 2.75) is 24.2 Å². The van der Waals surface area contributed by atoms with Crippen LogP contribution < -0.4 is 0 Å². The van der Waals surface area contributed by atoms with E-state index >= 15 is 0 Å². The molecule has 7 rings (SSSR count). The summed E-state index contributed by atoms with van der Waals surface area (Å²) < 4.78 is 50.4. The Hall–Kier alpha value is -5.04.